The topological polar surface area (TPSA) is 41.9 Å². The molecule has 0 saturated carbocycles. The zero-order valence-electron chi connectivity index (χ0n) is 18.9. The van der Waals surface area contributed by atoms with Gasteiger partial charge in [-0.05, 0) is 49.2 Å². The third-order valence-electron chi connectivity index (χ3n) is 6.23. The van der Waals surface area contributed by atoms with Gasteiger partial charge in [0.2, 0.25) is 0 Å². The molecule has 1 N–H and O–H groups in total. The minimum absolute atomic E-state index is 0. The van der Waals surface area contributed by atoms with E-state index in [4.69, 9.17) is 9.47 Å². The standard InChI is InChI=1S/C27H28FNO3S.ClH/c28-23-17-21(30)18-24-27(23)33-26(20-7-3-1-4-8-20)25(32-24)19-9-11-22(12-10-19)31-16-15-29-13-5-2-6-14-29;/h1,3-4,7-12,17-18,25-26,30H,2,5-6,13-16H2;1H. The zero-order chi connectivity index (χ0) is 22.6. The lowest BCUT2D eigenvalue weighted by molar-refractivity contribution is 0.182. The third-order valence-corrected chi connectivity index (χ3v) is 7.63. The van der Waals surface area contributed by atoms with Crippen LogP contribution in [-0.4, -0.2) is 36.2 Å². The fourth-order valence-corrected chi connectivity index (χ4v) is 5.78. The Labute approximate surface area is 210 Å². The molecule has 3 aromatic carbocycles. The Hall–Kier alpha value is -2.41. The summed E-state index contributed by atoms with van der Waals surface area (Å²) in [7, 11) is 0. The van der Waals surface area contributed by atoms with E-state index in [1.807, 2.05) is 54.6 Å². The normalized spacial score (nSPS) is 20.0. The molecule has 180 valence electrons. The van der Waals surface area contributed by atoms with Crippen LogP contribution in [0.1, 0.15) is 41.7 Å². The number of nitrogens with zero attached hydrogens (tertiary/aromatic N) is 1. The molecule has 0 aliphatic carbocycles. The maximum Gasteiger partial charge on any atom is 0.144 e. The Balaban J connectivity index is 0.00000274. The number of likely N-dealkylation sites (tertiary alicyclic amines) is 1. The lowest BCUT2D eigenvalue weighted by Gasteiger charge is -2.34. The molecule has 7 heteroatoms. The number of phenols is 1. The molecule has 5 rings (SSSR count). The summed E-state index contributed by atoms with van der Waals surface area (Å²) < 4.78 is 26.8. The van der Waals surface area contributed by atoms with Crippen molar-refractivity contribution in [1.29, 1.82) is 0 Å². The maximum atomic E-state index is 14.6. The zero-order valence-corrected chi connectivity index (χ0v) is 20.5. The van der Waals surface area contributed by atoms with Crippen molar-refractivity contribution >= 4 is 24.2 Å². The van der Waals surface area contributed by atoms with Crippen LogP contribution in [-0.2, 0) is 0 Å². The van der Waals surface area contributed by atoms with Crippen molar-refractivity contribution in [1.82, 2.24) is 4.90 Å². The predicted molar refractivity (Wildman–Crippen MR) is 136 cm³/mol. The number of phenolic OH excluding ortho intramolecular Hbond substituents is 1. The van der Waals surface area contributed by atoms with Crippen LogP contribution in [0.2, 0.25) is 0 Å². The summed E-state index contributed by atoms with van der Waals surface area (Å²) in [4.78, 5) is 2.89. The number of aromatic hydroxyl groups is 1. The fourth-order valence-electron chi connectivity index (χ4n) is 4.50. The van der Waals surface area contributed by atoms with Gasteiger partial charge in [-0.1, -0.05) is 48.9 Å². The summed E-state index contributed by atoms with van der Waals surface area (Å²) in [6, 6.07) is 20.6. The first-order valence-corrected chi connectivity index (χ1v) is 12.4. The number of fused-ring (bicyclic) bond motifs is 1. The van der Waals surface area contributed by atoms with E-state index in [-0.39, 0.29) is 29.5 Å². The Morgan fingerprint density at radius 3 is 2.44 bits per heavy atom. The van der Waals surface area contributed by atoms with Gasteiger partial charge in [-0.3, -0.25) is 4.90 Å². The van der Waals surface area contributed by atoms with E-state index in [0.717, 1.165) is 42.6 Å². The fraction of sp³-hybridized carbons (Fsp3) is 0.333. The Kier molecular flexibility index (Phi) is 8.24. The highest BCUT2D eigenvalue weighted by Gasteiger charge is 2.35. The highest BCUT2D eigenvalue weighted by atomic mass is 35.5. The Morgan fingerprint density at radius 2 is 1.71 bits per heavy atom. The molecule has 0 radical (unpaired) electrons. The first-order chi connectivity index (χ1) is 16.2. The van der Waals surface area contributed by atoms with Crippen LogP contribution in [0.5, 0.6) is 17.2 Å². The lowest BCUT2D eigenvalue weighted by Crippen LogP contribution is -2.33. The van der Waals surface area contributed by atoms with Gasteiger partial charge < -0.3 is 14.6 Å². The molecular weight excluding hydrogens is 473 g/mol. The number of benzene rings is 3. The second-order valence-corrected chi connectivity index (χ2v) is 9.71. The predicted octanol–water partition coefficient (Wildman–Crippen LogP) is 6.78. The SMILES string of the molecule is Cl.Oc1cc(F)c2c(c1)OC(c1ccc(OCCN3CCCCC3)cc1)C(c1ccccc1)S2. The lowest BCUT2D eigenvalue weighted by atomic mass is 10.00. The third kappa shape index (κ3) is 5.62. The van der Waals surface area contributed by atoms with Crippen molar-refractivity contribution in [2.24, 2.45) is 0 Å². The van der Waals surface area contributed by atoms with Crippen molar-refractivity contribution in [3.8, 4) is 17.2 Å². The summed E-state index contributed by atoms with van der Waals surface area (Å²) in [6.45, 7) is 3.95. The van der Waals surface area contributed by atoms with E-state index < -0.39 is 5.82 Å². The van der Waals surface area contributed by atoms with Crippen molar-refractivity contribution < 1.29 is 19.0 Å². The molecule has 4 nitrogen and oxygen atoms in total. The van der Waals surface area contributed by atoms with Gasteiger partial charge in [-0.25, -0.2) is 4.39 Å². The Morgan fingerprint density at radius 1 is 0.971 bits per heavy atom. The maximum absolute atomic E-state index is 14.6. The van der Waals surface area contributed by atoms with Gasteiger partial charge in [-0.2, -0.15) is 0 Å². The molecule has 1 fully saturated rings. The largest absolute Gasteiger partial charge is 0.508 e. The summed E-state index contributed by atoms with van der Waals surface area (Å²) in [5.74, 6) is 0.601. The Bertz CT molecular complexity index is 1080. The minimum Gasteiger partial charge on any atom is -0.508 e. The van der Waals surface area contributed by atoms with Gasteiger partial charge in [0, 0.05) is 18.7 Å². The molecule has 2 atom stereocenters. The van der Waals surface area contributed by atoms with Gasteiger partial charge in [0.25, 0.3) is 0 Å². The molecular formula is C27H29ClFNO3S. The van der Waals surface area contributed by atoms with Gasteiger partial charge in [0.15, 0.2) is 0 Å². The molecule has 2 aliphatic rings. The first-order valence-electron chi connectivity index (χ1n) is 11.5. The van der Waals surface area contributed by atoms with E-state index in [1.165, 1.54) is 37.1 Å². The van der Waals surface area contributed by atoms with E-state index in [9.17, 15) is 9.50 Å². The molecule has 0 aromatic heterocycles. The molecule has 2 aliphatic heterocycles. The highest BCUT2D eigenvalue weighted by Crippen LogP contribution is 2.54. The number of rotatable bonds is 6. The monoisotopic (exact) mass is 501 g/mol. The van der Waals surface area contributed by atoms with Crippen molar-refractivity contribution in [3.63, 3.8) is 0 Å². The summed E-state index contributed by atoms with van der Waals surface area (Å²) in [5, 5.41) is 9.75. The molecule has 2 heterocycles. The second kappa shape index (κ2) is 11.3. The average Bonchev–Trinajstić information content (AvgIpc) is 2.85. The molecule has 0 bridgehead atoms. The molecule has 1 saturated heterocycles. The van der Waals surface area contributed by atoms with Crippen LogP contribution in [0, 0.1) is 5.82 Å². The number of ether oxygens (including phenoxy) is 2. The van der Waals surface area contributed by atoms with E-state index in [0.29, 0.717) is 17.3 Å². The van der Waals surface area contributed by atoms with Crippen LogP contribution < -0.4 is 9.47 Å². The first kappa shape index (κ1) is 24.7. The smallest absolute Gasteiger partial charge is 0.144 e. The van der Waals surface area contributed by atoms with Crippen LogP contribution >= 0.6 is 24.2 Å². The van der Waals surface area contributed by atoms with Gasteiger partial charge in [-0.15, -0.1) is 24.2 Å². The van der Waals surface area contributed by atoms with E-state index in [2.05, 4.69) is 4.90 Å². The number of piperidine rings is 1. The summed E-state index contributed by atoms with van der Waals surface area (Å²) in [5.41, 5.74) is 2.04. The van der Waals surface area contributed by atoms with Crippen LogP contribution in [0.4, 0.5) is 4.39 Å². The van der Waals surface area contributed by atoms with Crippen molar-refractivity contribution in [3.05, 3.63) is 83.7 Å². The number of halogens is 2. The molecule has 2 unspecified atom stereocenters. The van der Waals surface area contributed by atoms with Gasteiger partial charge in [0.05, 0.1) is 10.1 Å². The van der Waals surface area contributed by atoms with Gasteiger partial charge in [0.1, 0.15) is 35.8 Å². The van der Waals surface area contributed by atoms with Crippen LogP contribution in [0.3, 0.4) is 0 Å². The van der Waals surface area contributed by atoms with Gasteiger partial charge >= 0.3 is 0 Å². The second-order valence-electron chi connectivity index (χ2n) is 8.56. The highest BCUT2D eigenvalue weighted by molar-refractivity contribution is 7.99. The molecule has 34 heavy (non-hydrogen) atoms. The number of hydrogen-bond acceptors (Lipinski definition) is 5. The number of thioether (sulfide) groups is 1. The number of hydrogen-bond donors (Lipinski definition) is 1. The molecule has 0 spiro atoms. The summed E-state index contributed by atoms with van der Waals surface area (Å²) in [6.07, 6.45) is 3.57. The van der Waals surface area contributed by atoms with E-state index >= 15 is 0 Å². The van der Waals surface area contributed by atoms with Crippen molar-refractivity contribution in [2.75, 3.05) is 26.2 Å². The summed E-state index contributed by atoms with van der Waals surface area (Å²) >= 11 is 1.43. The minimum atomic E-state index is -0.466. The van der Waals surface area contributed by atoms with Crippen molar-refractivity contribution in [2.45, 2.75) is 35.5 Å². The molecule has 3 aromatic rings. The average molecular weight is 502 g/mol. The van der Waals surface area contributed by atoms with Crippen LogP contribution in [0.15, 0.2) is 71.6 Å². The van der Waals surface area contributed by atoms with Crippen LogP contribution in [0.25, 0.3) is 0 Å². The van der Waals surface area contributed by atoms with E-state index in [1.54, 1.807) is 0 Å². The quantitative estimate of drug-likeness (QED) is 0.403. The molecule has 0 amide bonds.